The number of rotatable bonds is 6. The van der Waals surface area contributed by atoms with Crippen molar-refractivity contribution in [3.8, 4) is 0 Å². The third-order valence-corrected chi connectivity index (χ3v) is 2.61. The molecule has 2 atom stereocenters. The van der Waals surface area contributed by atoms with E-state index in [4.69, 9.17) is 14.9 Å². The van der Waals surface area contributed by atoms with Gasteiger partial charge in [-0.05, 0) is 25.0 Å². The number of hydrogen-bond acceptors (Lipinski definition) is 3. The van der Waals surface area contributed by atoms with Gasteiger partial charge in [-0.25, -0.2) is 0 Å². The molecule has 0 aliphatic rings. The number of aliphatic hydroxyl groups excluding tert-OH is 2. The molecule has 0 amide bonds. The van der Waals surface area contributed by atoms with E-state index in [1.165, 1.54) is 0 Å². The van der Waals surface area contributed by atoms with Crippen molar-refractivity contribution >= 4 is 0 Å². The highest BCUT2D eigenvalue weighted by Crippen LogP contribution is 2.11. The Kier molecular flexibility index (Phi) is 7.09. The second-order valence-electron chi connectivity index (χ2n) is 4.03. The largest absolute Gasteiger partial charge is 0.473 e. The first-order valence-electron chi connectivity index (χ1n) is 5.23. The van der Waals surface area contributed by atoms with Gasteiger partial charge in [-0.15, -0.1) is 0 Å². The van der Waals surface area contributed by atoms with Crippen LogP contribution in [0, 0.1) is 11.8 Å². The van der Waals surface area contributed by atoms with Gasteiger partial charge in [0.2, 0.25) is 0 Å². The summed E-state index contributed by atoms with van der Waals surface area (Å²) in [7, 11) is 0. The van der Waals surface area contributed by atoms with Crippen LogP contribution in [0.15, 0.2) is 23.7 Å². The number of ether oxygens (including phenoxy) is 1. The van der Waals surface area contributed by atoms with Crippen LogP contribution in [0.5, 0.6) is 0 Å². The molecular formula is C12H22O3. The molecule has 0 spiro atoms. The van der Waals surface area contributed by atoms with Crippen molar-refractivity contribution in [2.75, 3.05) is 13.2 Å². The van der Waals surface area contributed by atoms with Crippen LogP contribution in [-0.4, -0.2) is 23.4 Å². The lowest BCUT2D eigenvalue weighted by Crippen LogP contribution is -2.03. The smallest absolute Gasteiger partial charge is 0.0894 e. The third-order valence-electron chi connectivity index (χ3n) is 2.61. The summed E-state index contributed by atoms with van der Waals surface area (Å²) in [5.41, 5.74) is 2.00. The molecule has 0 aromatic carbocycles. The van der Waals surface area contributed by atoms with Crippen LogP contribution in [0.2, 0.25) is 0 Å². The molecule has 0 heterocycles. The third kappa shape index (κ3) is 5.60. The average Bonchev–Trinajstić information content (AvgIpc) is 2.26. The van der Waals surface area contributed by atoms with Crippen molar-refractivity contribution in [2.45, 2.75) is 27.7 Å². The highest BCUT2D eigenvalue weighted by Gasteiger charge is 2.03. The summed E-state index contributed by atoms with van der Waals surface area (Å²) in [5, 5.41) is 17.8. The summed E-state index contributed by atoms with van der Waals surface area (Å²) < 4.78 is 5.26. The molecule has 0 fully saturated rings. The lowest BCUT2D eigenvalue weighted by molar-refractivity contribution is 0.248. The molecule has 15 heavy (non-hydrogen) atoms. The summed E-state index contributed by atoms with van der Waals surface area (Å²) in [5.74, 6) is 0.239. The van der Waals surface area contributed by atoms with Crippen molar-refractivity contribution in [1.29, 1.82) is 0 Å². The van der Waals surface area contributed by atoms with Gasteiger partial charge in [-0.1, -0.05) is 13.8 Å². The lowest BCUT2D eigenvalue weighted by Gasteiger charge is -2.09. The van der Waals surface area contributed by atoms with E-state index in [1.54, 1.807) is 12.5 Å². The Labute approximate surface area is 92.1 Å². The maximum atomic E-state index is 8.90. The van der Waals surface area contributed by atoms with Gasteiger partial charge >= 0.3 is 0 Å². The fraction of sp³-hybridized carbons (Fsp3) is 0.667. The van der Waals surface area contributed by atoms with E-state index in [2.05, 4.69) is 0 Å². The van der Waals surface area contributed by atoms with Crippen molar-refractivity contribution in [2.24, 2.45) is 11.8 Å². The predicted octanol–water partition coefficient (Wildman–Crippen LogP) is 2.07. The summed E-state index contributed by atoms with van der Waals surface area (Å²) in [6.07, 6.45) is 3.27. The molecule has 0 aromatic rings. The molecule has 3 nitrogen and oxygen atoms in total. The zero-order chi connectivity index (χ0) is 11.8. The van der Waals surface area contributed by atoms with Crippen LogP contribution in [0.4, 0.5) is 0 Å². The van der Waals surface area contributed by atoms with Crippen LogP contribution in [-0.2, 0) is 4.74 Å². The molecule has 0 aliphatic carbocycles. The second-order valence-corrected chi connectivity index (χ2v) is 4.03. The van der Waals surface area contributed by atoms with Crippen LogP contribution >= 0.6 is 0 Å². The van der Waals surface area contributed by atoms with Crippen LogP contribution in [0.25, 0.3) is 0 Å². The van der Waals surface area contributed by atoms with Gasteiger partial charge < -0.3 is 14.9 Å². The maximum Gasteiger partial charge on any atom is 0.0894 e. The van der Waals surface area contributed by atoms with E-state index in [9.17, 15) is 0 Å². The topological polar surface area (TPSA) is 49.7 Å². The minimum absolute atomic E-state index is 0.119. The molecule has 0 aliphatic heterocycles. The van der Waals surface area contributed by atoms with Crippen molar-refractivity contribution < 1.29 is 14.9 Å². The lowest BCUT2D eigenvalue weighted by atomic mass is 10.1. The van der Waals surface area contributed by atoms with Crippen LogP contribution < -0.4 is 0 Å². The van der Waals surface area contributed by atoms with E-state index in [-0.39, 0.29) is 25.0 Å². The van der Waals surface area contributed by atoms with Crippen molar-refractivity contribution in [3.63, 3.8) is 0 Å². The van der Waals surface area contributed by atoms with Gasteiger partial charge in [-0.3, -0.25) is 0 Å². The van der Waals surface area contributed by atoms with Crippen molar-refractivity contribution in [3.05, 3.63) is 23.7 Å². The molecule has 2 N–H and O–H groups in total. The first kappa shape index (κ1) is 14.2. The maximum absolute atomic E-state index is 8.90. The first-order chi connectivity index (χ1) is 7.02. The van der Waals surface area contributed by atoms with Gasteiger partial charge in [0, 0.05) is 25.0 Å². The molecule has 0 aromatic heterocycles. The van der Waals surface area contributed by atoms with Gasteiger partial charge in [-0.2, -0.15) is 0 Å². The Bertz CT molecular complexity index is 207. The number of hydrogen-bond donors (Lipinski definition) is 2. The molecule has 0 bridgehead atoms. The van der Waals surface area contributed by atoms with E-state index in [0.29, 0.717) is 0 Å². The van der Waals surface area contributed by atoms with Gasteiger partial charge in [0.1, 0.15) is 0 Å². The van der Waals surface area contributed by atoms with Crippen LogP contribution in [0.3, 0.4) is 0 Å². The monoisotopic (exact) mass is 214 g/mol. The molecule has 3 heteroatoms. The Morgan fingerprint density at radius 1 is 1.00 bits per heavy atom. The molecule has 2 unspecified atom stereocenters. The van der Waals surface area contributed by atoms with E-state index < -0.39 is 0 Å². The first-order valence-corrected chi connectivity index (χ1v) is 5.23. The van der Waals surface area contributed by atoms with E-state index in [0.717, 1.165) is 11.1 Å². The fourth-order valence-corrected chi connectivity index (χ4v) is 0.769. The fourth-order valence-electron chi connectivity index (χ4n) is 0.769. The second kappa shape index (κ2) is 7.49. The SMILES string of the molecule is CC(=COC=C(C)C(C)CO)C(C)CO. The van der Waals surface area contributed by atoms with Gasteiger partial charge in [0.05, 0.1) is 12.5 Å². The molecular weight excluding hydrogens is 192 g/mol. The van der Waals surface area contributed by atoms with E-state index in [1.807, 2.05) is 27.7 Å². The van der Waals surface area contributed by atoms with Crippen molar-refractivity contribution in [1.82, 2.24) is 0 Å². The highest BCUT2D eigenvalue weighted by atomic mass is 16.5. The van der Waals surface area contributed by atoms with Gasteiger partial charge in [0.25, 0.3) is 0 Å². The summed E-state index contributed by atoms with van der Waals surface area (Å²) in [6.45, 7) is 7.95. The molecule has 0 rings (SSSR count). The molecule has 0 saturated carbocycles. The summed E-state index contributed by atoms with van der Waals surface area (Å²) in [4.78, 5) is 0. The highest BCUT2D eigenvalue weighted by molar-refractivity contribution is 5.02. The minimum Gasteiger partial charge on any atom is -0.473 e. The molecule has 0 saturated heterocycles. The molecule has 88 valence electrons. The van der Waals surface area contributed by atoms with Crippen LogP contribution in [0.1, 0.15) is 27.7 Å². The zero-order valence-corrected chi connectivity index (χ0v) is 10.0. The zero-order valence-electron chi connectivity index (χ0n) is 10.0. The summed E-state index contributed by atoms with van der Waals surface area (Å²) >= 11 is 0. The van der Waals surface area contributed by atoms with Gasteiger partial charge in [0.15, 0.2) is 0 Å². The predicted molar refractivity (Wildman–Crippen MR) is 61.1 cm³/mol. The minimum atomic E-state index is 0.119. The Hall–Kier alpha value is -0.800. The quantitative estimate of drug-likeness (QED) is 0.665. The standard InChI is InChI=1S/C12H22O3/c1-9(5-13)11(3)7-15-8-12(4)10(2)6-14/h7-10,13-14H,5-6H2,1-4H3. The Morgan fingerprint density at radius 2 is 1.33 bits per heavy atom. The average molecular weight is 214 g/mol. The number of aliphatic hydroxyl groups is 2. The Balaban J connectivity index is 4.16. The Morgan fingerprint density at radius 3 is 1.60 bits per heavy atom. The normalized spacial score (nSPS) is 17.5. The van der Waals surface area contributed by atoms with E-state index >= 15 is 0 Å². The summed E-state index contributed by atoms with van der Waals surface area (Å²) in [6, 6.07) is 0. The molecule has 0 radical (unpaired) electrons.